The molecule has 2 nitrogen and oxygen atoms in total. The van der Waals surface area contributed by atoms with E-state index in [1.807, 2.05) is 26.0 Å². The molecule has 0 unspecified atom stereocenters. The fraction of sp³-hybridized carbons (Fsp3) is 0.500. The zero-order chi connectivity index (χ0) is 12.8. The fourth-order valence-electron chi connectivity index (χ4n) is 1.66. The smallest absolute Gasteiger partial charge is 0.137 e. The summed E-state index contributed by atoms with van der Waals surface area (Å²) in [7, 11) is 0. The predicted octanol–water partition coefficient (Wildman–Crippen LogP) is 3.89. The largest absolute Gasteiger partial charge is 0.371 e. The second kappa shape index (κ2) is 6.80. The van der Waals surface area contributed by atoms with E-state index in [1.54, 1.807) is 0 Å². The lowest BCUT2D eigenvalue weighted by molar-refractivity contribution is -0.121. The summed E-state index contributed by atoms with van der Waals surface area (Å²) in [6.07, 6.45) is 0.627. The minimum atomic E-state index is 0.138. The maximum Gasteiger partial charge on any atom is 0.137 e. The van der Waals surface area contributed by atoms with Crippen molar-refractivity contribution in [2.45, 2.75) is 27.2 Å². The van der Waals surface area contributed by atoms with E-state index in [2.05, 4.69) is 39.9 Å². The van der Waals surface area contributed by atoms with E-state index < -0.39 is 0 Å². The van der Waals surface area contributed by atoms with Crippen molar-refractivity contribution in [2.24, 2.45) is 5.92 Å². The summed E-state index contributed by atoms with van der Waals surface area (Å²) in [6.45, 7) is 7.75. The first kappa shape index (κ1) is 14.2. The lowest BCUT2D eigenvalue weighted by Gasteiger charge is -2.23. The van der Waals surface area contributed by atoms with Crippen LogP contribution in [0.15, 0.2) is 28.7 Å². The third-order valence-electron chi connectivity index (χ3n) is 2.85. The van der Waals surface area contributed by atoms with Crippen LogP contribution in [-0.4, -0.2) is 18.9 Å². The van der Waals surface area contributed by atoms with E-state index in [9.17, 15) is 4.79 Å². The Bertz CT molecular complexity index is 359. The van der Waals surface area contributed by atoms with Crippen molar-refractivity contribution in [3.05, 3.63) is 28.7 Å². The average molecular weight is 298 g/mol. The van der Waals surface area contributed by atoms with Gasteiger partial charge >= 0.3 is 0 Å². The van der Waals surface area contributed by atoms with Crippen LogP contribution in [0.2, 0.25) is 0 Å². The maximum absolute atomic E-state index is 11.6. The first-order valence-electron chi connectivity index (χ1n) is 6.07. The molecule has 0 saturated carbocycles. The number of carbonyl (C=O) groups excluding carboxylic acids is 1. The van der Waals surface area contributed by atoms with E-state index in [1.165, 1.54) is 5.69 Å². The highest BCUT2D eigenvalue weighted by atomic mass is 79.9. The van der Waals surface area contributed by atoms with E-state index >= 15 is 0 Å². The molecule has 0 bridgehead atoms. The van der Waals surface area contributed by atoms with Gasteiger partial charge in [0.15, 0.2) is 0 Å². The Hall–Kier alpha value is -0.830. The van der Waals surface area contributed by atoms with E-state index in [0.717, 1.165) is 17.6 Å². The average Bonchev–Trinajstić information content (AvgIpc) is 2.31. The highest BCUT2D eigenvalue weighted by Crippen LogP contribution is 2.18. The summed E-state index contributed by atoms with van der Waals surface area (Å²) in [5.41, 5.74) is 1.17. The van der Waals surface area contributed by atoms with Gasteiger partial charge in [-0.1, -0.05) is 29.8 Å². The van der Waals surface area contributed by atoms with Crippen molar-refractivity contribution in [3.8, 4) is 0 Å². The SMILES string of the molecule is CCN(CCC(=O)C(C)C)c1ccc(Br)cc1. The number of anilines is 1. The van der Waals surface area contributed by atoms with E-state index in [-0.39, 0.29) is 5.92 Å². The Morgan fingerprint density at radius 2 is 1.88 bits per heavy atom. The van der Waals surface area contributed by atoms with Gasteiger partial charge in [-0.05, 0) is 31.2 Å². The molecule has 0 aliphatic rings. The van der Waals surface area contributed by atoms with Crippen LogP contribution < -0.4 is 4.90 Å². The van der Waals surface area contributed by atoms with Crippen molar-refractivity contribution in [2.75, 3.05) is 18.0 Å². The molecular formula is C14H20BrNO. The number of hydrogen-bond donors (Lipinski definition) is 0. The number of hydrogen-bond acceptors (Lipinski definition) is 2. The maximum atomic E-state index is 11.6. The van der Waals surface area contributed by atoms with Crippen molar-refractivity contribution in [1.82, 2.24) is 0 Å². The fourth-order valence-corrected chi connectivity index (χ4v) is 1.92. The predicted molar refractivity (Wildman–Crippen MR) is 76.5 cm³/mol. The van der Waals surface area contributed by atoms with Crippen LogP contribution in [0, 0.1) is 5.92 Å². The number of carbonyl (C=O) groups is 1. The molecule has 3 heteroatoms. The van der Waals surface area contributed by atoms with E-state index in [0.29, 0.717) is 12.2 Å². The number of benzene rings is 1. The molecule has 0 aromatic heterocycles. The van der Waals surface area contributed by atoms with Gasteiger partial charge in [0, 0.05) is 35.6 Å². The molecule has 0 saturated heterocycles. The number of rotatable bonds is 6. The summed E-state index contributed by atoms with van der Waals surface area (Å²) in [4.78, 5) is 13.8. The summed E-state index contributed by atoms with van der Waals surface area (Å²) < 4.78 is 1.08. The summed E-state index contributed by atoms with van der Waals surface area (Å²) in [6, 6.07) is 8.21. The monoisotopic (exact) mass is 297 g/mol. The van der Waals surface area contributed by atoms with E-state index in [4.69, 9.17) is 0 Å². The zero-order valence-electron chi connectivity index (χ0n) is 10.7. The van der Waals surface area contributed by atoms with Crippen LogP contribution in [-0.2, 0) is 4.79 Å². The molecule has 17 heavy (non-hydrogen) atoms. The summed E-state index contributed by atoms with van der Waals surface area (Å²) in [5, 5.41) is 0. The first-order chi connectivity index (χ1) is 8.04. The molecule has 0 fully saturated rings. The lowest BCUT2D eigenvalue weighted by Crippen LogP contribution is -2.26. The van der Waals surface area contributed by atoms with Gasteiger partial charge in [0.1, 0.15) is 5.78 Å². The zero-order valence-corrected chi connectivity index (χ0v) is 12.3. The molecule has 0 N–H and O–H groups in total. The Kier molecular flexibility index (Phi) is 5.69. The van der Waals surface area contributed by atoms with Crippen molar-refractivity contribution in [3.63, 3.8) is 0 Å². The molecule has 0 heterocycles. The first-order valence-corrected chi connectivity index (χ1v) is 6.87. The second-order valence-electron chi connectivity index (χ2n) is 4.43. The van der Waals surface area contributed by atoms with Gasteiger partial charge < -0.3 is 4.90 Å². The van der Waals surface area contributed by atoms with Crippen LogP contribution in [0.3, 0.4) is 0 Å². The minimum Gasteiger partial charge on any atom is -0.371 e. The third-order valence-corrected chi connectivity index (χ3v) is 3.37. The topological polar surface area (TPSA) is 20.3 Å². The third kappa shape index (κ3) is 4.50. The molecule has 1 aromatic carbocycles. The van der Waals surface area contributed by atoms with Gasteiger partial charge in [-0.15, -0.1) is 0 Å². The Labute approximate surface area is 112 Å². The summed E-state index contributed by atoms with van der Waals surface area (Å²) >= 11 is 3.43. The second-order valence-corrected chi connectivity index (χ2v) is 5.34. The van der Waals surface area contributed by atoms with Gasteiger partial charge in [0.2, 0.25) is 0 Å². The van der Waals surface area contributed by atoms with Gasteiger partial charge in [0.25, 0.3) is 0 Å². The molecule has 0 aliphatic heterocycles. The highest BCUT2D eigenvalue weighted by molar-refractivity contribution is 9.10. The Balaban J connectivity index is 2.60. The van der Waals surface area contributed by atoms with Gasteiger partial charge in [0.05, 0.1) is 0 Å². The van der Waals surface area contributed by atoms with Crippen LogP contribution in [0.1, 0.15) is 27.2 Å². The van der Waals surface area contributed by atoms with Crippen molar-refractivity contribution >= 4 is 27.4 Å². The minimum absolute atomic E-state index is 0.138. The number of halogens is 1. The Morgan fingerprint density at radius 3 is 2.35 bits per heavy atom. The molecule has 1 rings (SSSR count). The van der Waals surface area contributed by atoms with Gasteiger partial charge in [-0.2, -0.15) is 0 Å². The highest BCUT2D eigenvalue weighted by Gasteiger charge is 2.10. The molecule has 0 spiro atoms. The summed E-state index contributed by atoms with van der Waals surface area (Å²) in [5.74, 6) is 0.471. The normalized spacial score (nSPS) is 10.6. The molecule has 0 amide bonds. The number of nitrogens with zero attached hydrogens (tertiary/aromatic N) is 1. The van der Waals surface area contributed by atoms with Crippen molar-refractivity contribution < 1.29 is 4.79 Å². The standard InChI is InChI=1S/C14H20BrNO/c1-4-16(10-9-14(17)11(2)3)13-7-5-12(15)6-8-13/h5-8,11H,4,9-10H2,1-3H3. The van der Waals surface area contributed by atoms with Crippen LogP contribution in [0.25, 0.3) is 0 Å². The van der Waals surface area contributed by atoms with Gasteiger partial charge in [-0.3, -0.25) is 4.79 Å². The molecule has 0 radical (unpaired) electrons. The molecule has 94 valence electrons. The quantitative estimate of drug-likeness (QED) is 0.794. The number of Topliss-reactive ketones (excluding diaryl/α,β-unsaturated/α-hetero) is 1. The molecule has 1 aromatic rings. The van der Waals surface area contributed by atoms with Crippen molar-refractivity contribution in [1.29, 1.82) is 0 Å². The van der Waals surface area contributed by atoms with Crippen LogP contribution in [0.4, 0.5) is 5.69 Å². The molecule has 0 atom stereocenters. The van der Waals surface area contributed by atoms with Crippen LogP contribution in [0.5, 0.6) is 0 Å². The number of ketones is 1. The van der Waals surface area contributed by atoms with Gasteiger partial charge in [-0.25, -0.2) is 0 Å². The molecule has 0 aliphatic carbocycles. The Morgan fingerprint density at radius 1 is 1.29 bits per heavy atom. The lowest BCUT2D eigenvalue weighted by atomic mass is 10.1. The van der Waals surface area contributed by atoms with Crippen LogP contribution >= 0.6 is 15.9 Å². The molecular weight excluding hydrogens is 278 g/mol.